The first-order valence-corrected chi connectivity index (χ1v) is 13.2. The lowest BCUT2D eigenvalue weighted by atomic mass is 9.37. The summed E-state index contributed by atoms with van der Waals surface area (Å²) in [6.07, 6.45) is 10.00. The van der Waals surface area contributed by atoms with Crippen LogP contribution in [0.25, 0.3) is 0 Å². The van der Waals surface area contributed by atoms with Crippen LogP contribution in [-0.2, 0) is 9.59 Å². The molecule has 1 amide bonds. The average molecular weight is 456 g/mol. The minimum atomic E-state index is -0.512. The molecule has 4 fully saturated rings. The van der Waals surface area contributed by atoms with E-state index in [1.807, 2.05) is 6.08 Å². The highest BCUT2D eigenvalue weighted by Gasteiger charge is 2.66. The van der Waals surface area contributed by atoms with Crippen molar-refractivity contribution in [2.45, 2.75) is 98.5 Å². The van der Waals surface area contributed by atoms with Gasteiger partial charge in [-0.2, -0.15) is 0 Å². The number of fused-ring (bicyclic) bond motifs is 7. The van der Waals surface area contributed by atoms with E-state index in [9.17, 15) is 19.6 Å². The summed E-state index contributed by atoms with van der Waals surface area (Å²) in [5, 5.41) is 13.5. The van der Waals surface area contributed by atoms with Gasteiger partial charge in [-0.15, -0.1) is 4.91 Å². The van der Waals surface area contributed by atoms with E-state index in [-0.39, 0.29) is 51.3 Å². The molecule has 0 heterocycles. The van der Waals surface area contributed by atoms with Gasteiger partial charge >= 0.3 is 0 Å². The zero-order valence-electron chi connectivity index (χ0n) is 21.0. The number of hydrogen-bond donors (Lipinski definition) is 1. The van der Waals surface area contributed by atoms with Crippen LogP contribution in [0.4, 0.5) is 0 Å². The lowest BCUT2D eigenvalue weighted by molar-refractivity contribution is -0.188. The summed E-state index contributed by atoms with van der Waals surface area (Å²) < 4.78 is 0. The second-order valence-corrected chi connectivity index (χ2v) is 13.7. The smallest absolute Gasteiger partial charge is 0.289 e. The van der Waals surface area contributed by atoms with Crippen LogP contribution in [-0.4, -0.2) is 22.9 Å². The average Bonchev–Trinajstić information content (AvgIpc) is 2.75. The standard InChI is InChI=1S/C28H41NO4/c1-25(2)21-8-12-27(4)18-7-11-26(3)10-6-16(24(32)29-33)14-19(26)17(18)15-20(30)23(27)28(21,5)13-9-22(25)31/h15-16,18-19,21-23,31H,6-14H2,1-5H3/t16-,18?,19-,21?,22-,23?,26+,27-,28-/m0/s1. The third-order valence-corrected chi connectivity index (χ3v) is 11.9. The maximum absolute atomic E-state index is 14.0. The van der Waals surface area contributed by atoms with Crippen molar-refractivity contribution in [3.63, 3.8) is 0 Å². The van der Waals surface area contributed by atoms with Crippen LogP contribution >= 0.6 is 0 Å². The van der Waals surface area contributed by atoms with Crippen LogP contribution in [0.2, 0.25) is 0 Å². The zero-order valence-corrected chi connectivity index (χ0v) is 21.0. The van der Waals surface area contributed by atoms with Crippen LogP contribution in [0.3, 0.4) is 0 Å². The Bertz CT molecular complexity index is 923. The van der Waals surface area contributed by atoms with Crippen molar-refractivity contribution in [3.05, 3.63) is 16.6 Å². The molecule has 5 aliphatic rings. The summed E-state index contributed by atoms with van der Waals surface area (Å²) in [6, 6.07) is 0. The molecule has 1 N–H and O–H groups in total. The molecule has 5 rings (SSSR count). The van der Waals surface area contributed by atoms with E-state index in [0.29, 0.717) is 18.3 Å². The highest BCUT2D eigenvalue weighted by atomic mass is 16.3. The number of nitroso groups, excluding NO2 is 1. The fraction of sp³-hybridized carbons (Fsp3) is 0.857. The van der Waals surface area contributed by atoms with Crippen molar-refractivity contribution in [2.24, 2.45) is 56.4 Å². The van der Waals surface area contributed by atoms with Crippen molar-refractivity contribution in [1.82, 2.24) is 0 Å². The molecule has 0 aromatic heterocycles. The van der Waals surface area contributed by atoms with Crippen LogP contribution in [0.5, 0.6) is 0 Å². The van der Waals surface area contributed by atoms with Crippen molar-refractivity contribution in [2.75, 3.05) is 0 Å². The Morgan fingerprint density at radius 2 is 1.61 bits per heavy atom. The van der Waals surface area contributed by atoms with E-state index in [0.717, 1.165) is 51.4 Å². The van der Waals surface area contributed by atoms with Gasteiger partial charge < -0.3 is 5.11 Å². The third kappa shape index (κ3) is 3.06. The number of carbonyl (C=O) groups excluding carboxylic acids is 2. The summed E-state index contributed by atoms with van der Waals surface area (Å²) >= 11 is 0. The maximum Gasteiger partial charge on any atom is 0.289 e. The van der Waals surface area contributed by atoms with Gasteiger partial charge in [0, 0.05) is 17.0 Å². The number of nitrogens with zero attached hydrogens (tertiary/aromatic N) is 1. The molecule has 9 atom stereocenters. The molecule has 4 saturated carbocycles. The molecule has 3 unspecified atom stereocenters. The van der Waals surface area contributed by atoms with Crippen LogP contribution in [0, 0.1) is 56.2 Å². The molecular formula is C28H41NO4. The van der Waals surface area contributed by atoms with Crippen molar-refractivity contribution in [1.29, 1.82) is 0 Å². The van der Waals surface area contributed by atoms with Gasteiger partial charge in [-0.1, -0.05) is 40.2 Å². The van der Waals surface area contributed by atoms with Gasteiger partial charge in [0.2, 0.25) is 0 Å². The minimum absolute atomic E-state index is 0.00806. The molecule has 0 aromatic rings. The molecule has 0 aliphatic heterocycles. The summed E-state index contributed by atoms with van der Waals surface area (Å²) in [5.41, 5.74) is 1.02. The van der Waals surface area contributed by atoms with Crippen molar-refractivity contribution >= 4 is 11.7 Å². The Balaban J connectivity index is 1.55. The van der Waals surface area contributed by atoms with Crippen LogP contribution in [0.1, 0.15) is 92.4 Å². The third-order valence-electron chi connectivity index (χ3n) is 11.9. The molecule has 5 nitrogen and oxygen atoms in total. The van der Waals surface area contributed by atoms with E-state index in [2.05, 4.69) is 39.8 Å². The fourth-order valence-electron chi connectivity index (χ4n) is 10.0. The highest BCUT2D eigenvalue weighted by molar-refractivity contribution is 5.95. The molecule has 0 bridgehead atoms. The first-order valence-electron chi connectivity index (χ1n) is 13.2. The second kappa shape index (κ2) is 7.32. The van der Waals surface area contributed by atoms with E-state index in [1.165, 1.54) is 5.57 Å². The quantitative estimate of drug-likeness (QED) is 0.503. The zero-order chi connectivity index (χ0) is 24.0. The summed E-state index contributed by atoms with van der Waals surface area (Å²) in [5.74, 6) is 0.356. The van der Waals surface area contributed by atoms with Gasteiger partial charge in [0.05, 0.1) is 6.10 Å². The van der Waals surface area contributed by atoms with Crippen molar-refractivity contribution < 1.29 is 14.7 Å². The topological polar surface area (TPSA) is 83.8 Å². The molecule has 5 heteroatoms. The number of allylic oxidation sites excluding steroid dienone is 2. The highest BCUT2D eigenvalue weighted by Crippen LogP contribution is 2.70. The first-order chi connectivity index (χ1) is 15.4. The monoisotopic (exact) mass is 455 g/mol. The predicted octanol–water partition coefficient (Wildman–Crippen LogP) is 5.84. The summed E-state index contributed by atoms with van der Waals surface area (Å²) in [7, 11) is 0. The molecule has 5 aliphatic carbocycles. The predicted molar refractivity (Wildman–Crippen MR) is 127 cm³/mol. The van der Waals surface area contributed by atoms with Crippen molar-refractivity contribution in [3.8, 4) is 0 Å². The Kier molecular flexibility index (Phi) is 5.19. The summed E-state index contributed by atoms with van der Waals surface area (Å²) in [4.78, 5) is 37.2. The Morgan fingerprint density at radius 1 is 0.939 bits per heavy atom. The van der Waals surface area contributed by atoms with Gasteiger partial charge in [0.25, 0.3) is 5.91 Å². The number of rotatable bonds is 1. The number of aliphatic hydroxyl groups is 1. The molecular weight excluding hydrogens is 414 g/mol. The van der Waals surface area contributed by atoms with E-state index in [4.69, 9.17) is 0 Å². The Hall–Kier alpha value is -1.36. The van der Waals surface area contributed by atoms with Gasteiger partial charge in [0.15, 0.2) is 5.78 Å². The number of hydrogen-bond acceptors (Lipinski definition) is 4. The van der Waals surface area contributed by atoms with Gasteiger partial charge in [-0.3, -0.25) is 9.59 Å². The molecule has 0 aromatic carbocycles. The summed E-state index contributed by atoms with van der Waals surface area (Å²) in [6.45, 7) is 11.4. The number of carbonyl (C=O) groups is 2. The molecule has 0 spiro atoms. The molecule has 33 heavy (non-hydrogen) atoms. The van der Waals surface area contributed by atoms with E-state index in [1.54, 1.807) is 0 Å². The first kappa shape index (κ1) is 23.4. The van der Waals surface area contributed by atoms with E-state index < -0.39 is 5.91 Å². The van der Waals surface area contributed by atoms with Crippen LogP contribution < -0.4 is 0 Å². The number of ketones is 1. The Labute approximate surface area is 198 Å². The molecule has 0 radical (unpaired) electrons. The lowest BCUT2D eigenvalue weighted by Crippen LogP contribution is -2.63. The fourth-order valence-corrected chi connectivity index (χ4v) is 10.0. The van der Waals surface area contributed by atoms with Gasteiger partial charge in [-0.25, -0.2) is 0 Å². The lowest BCUT2D eigenvalue weighted by Gasteiger charge is -2.67. The molecule has 182 valence electrons. The normalized spacial score (nSPS) is 50.7. The van der Waals surface area contributed by atoms with E-state index >= 15 is 0 Å². The number of amides is 1. The molecule has 0 saturated heterocycles. The largest absolute Gasteiger partial charge is 0.393 e. The minimum Gasteiger partial charge on any atom is -0.393 e. The maximum atomic E-state index is 14.0. The van der Waals surface area contributed by atoms with Gasteiger partial charge in [0.1, 0.15) is 0 Å². The second-order valence-electron chi connectivity index (χ2n) is 13.7. The van der Waals surface area contributed by atoms with Crippen LogP contribution in [0.15, 0.2) is 16.8 Å². The number of aliphatic hydroxyl groups excluding tert-OH is 1. The van der Waals surface area contributed by atoms with Gasteiger partial charge in [-0.05, 0) is 103 Å². The SMILES string of the molecule is CC1(C)C2CC[C@@]3(C)C4CC[C@@]5(C)CC[C@H](C(=O)N=O)C[C@H]5C4=CC(=O)C3[C@@]2(C)CC[C@@H]1O. The Morgan fingerprint density at radius 3 is 2.30 bits per heavy atom.